The van der Waals surface area contributed by atoms with Crippen molar-refractivity contribution in [3.63, 3.8) is 0 Å². The van der Waals surface area contributed by atoms with Crippen LogP contribution in [0.2, 0.25) is 0 Å². The number of methoxy groups -OCH3 is 1. The number of hydrogen-bond acceptors (Lipinski definition) is 3. The third-order valence-corrected chi connectivity index (χ3v) is 2.97. The van der Waals surface area contributed by atoms with Gasteiger partial charge in [0.2, 0.25) is 0 Å². The fourth-order valence-corrected chi connectivity index (χ4v) is 1.93. The first-order valence-corrected chi connectivity index (χ1v) is 6.33. The van der Waals surface area contributed by atoms with E-state index in [0.29, 0.717) is 11.3 Å². The van der Waals surface area contributed by atoms with Crippen LogP contribution in [-0.4, -0.2) is 27.1 Å². The van der Waals surface area contributed by atoms with Crippen molar-refractivity contribution in [2.75, 3.05) is 31.4 Å². The van der Waals surface area contributed by atoms with Gasteiger partial charge in [0.1, 0.15) is 5.75 Å². The van der Waals surface area contributed by atoms with Gasteiger partial charge >= 0.3 is 0 Å². The first-order valence-electron chi connectivity index (χ1n) is 6.33. The highest BCUT2D eigenvalue weighted by Crippen LogP contribution is 2.24. The fourth-order valence-electron chi connectivity index (χ4n) is 1.93. The van der Waals surface area contributed by atoms with Gasteiger partial charge in [-0.25, -0.2) is 0 Å². The molecule has 2 aromatic carbocycles. The van der Waals surface area contributed by atoms with Crippen molar-refractivity contribution in [2.24, 2.45) is 0 Å². The zero-order valence-corrected chi connectivity index (χ0v) is 11.9. The summed E-state index contributed by atoms with van der Waals surface area (Å²) in [6.07, 6.45) is 0. The minimum absolute atomic E-state index is 0.154. The van der Waals surface area contributed by atoms with E-state index in [1.807, 2.05) is 49.3 Å². The van der Waals surface area contributed by atoms with Crippen LogP contribution in [0.3, 0.4) is 0 Å². The van der Waals surface area contributed by atoms with Gasteiger partial charge in [-0.2, -0.15) is 0 Å². The molecule has 4 heteroatoms. The predicted molar refractivity (Wildman–Crippen MR) is 81.7 cm³/mol. The van der Waals surface area contributed by atoms with Crippen molar-refractivity contribution >= 4 is 17.3 Å². The Hall–Kier alpha value is -2.49. The van der Waals surface area contributed by atoms with Gasteiger partial charge in [-0.3, -0.25) is 4.79 Å². The Kier molecular flexibility index (Phi) is 4.25. The van der Waals surface area contributed by atoms with Crippen LogP contribution in [0.5, 0.6) is 5.75 Å². The Labute approximate surface area is 119 Å². The number of anilines is 2. The minimum atomic E-state index is -0.154. The minimum Gasteiger partial charge on any atom is -0.497 e. The molecule has 104 valence electrons. The molecule has 0 aliphatic heterocycles. The summed E-state index contributed by atoms with van der Waals surface area (Å²) in [7, 11) is 5.46. The van der Waals surface area contributed by atoms with E-state index in [4.69, 9.17) is 4.74 Å². The summed E-state index contributed by atoms with van der Waals surface area (Å²) in [4.78, 5) is 14.2. The van der Waals surface area contributed by atoms with Gasteiger partial charge < -0.3 is 15.0 Å². The number of benzene rings is 2. The molecule has 0 aliphatic rings. The van der Waals surface area contributed by atoms with Crippen LogP contribution >= 0.6 is 0 Å². The Morgan fingerprint density at radius 2 is 1.85 bits per heavy atom. The lowest BCUT2D eigenvalue weighted by Gasteiger charge is -2.17. The summed E-state index contributed by atoms with van der Waals surface area (Å²) in [5.41, 5.74) is 2.31. The second-order valence-corrected chi connectivity index (χ2v) is 4.60. The number of para-hydroxylation sites is 2. The summed E-state index contributed by atoms with van der Waals surface area (Å²) in [6.45, 7) is 0. The standard InChI is InChI=1S/C16H18N2O2/c1-18(2)15-10-5-4-9-14(15)17-16(19)12-7-6-8-13(11-12)20-3/h4-11H,1-3H3,(H,17,19). The first-order chi connectivity index (χ1) is 9.61. The molecular formula is C16H18N2O2. The van der Waals surface area contributed by atoms with Crippen molar-refractivity contribution < 1.29 is 9.53 Å². The topological polar surface area (TPSA) is 41.6 Å². The van der Waals surface area contributed by atoms with Gasteiger partial charge in [0.25, 0.3) is 5.91 Å². The molecule has 0 saturated heterocycles. The molecule has 4 nitrogen and oxygen atoms in total. The molecule has 2 aromatic rings. The van der Waals surface area contributed by atoms with E-state index in [-0.39, 0.29) is 5.91 Å². The molecule has 2 rings (SSSR count). The molecule has 1 N–H and O–H groups in total. The van der Waals surface area contributed by atoms with Crippen LogP contribution in [0.25, 0.3) is 0 Å². The maximum Gasteiger partial charge on any atom is 0.255 e. The largest absolute Gasteiger partial charge is 0.497 e. The van der Waals surface area contributed by atoms with E-state index in [1.165, 1.54) is 0 Å². The fraction of sp³-hybridized carbons (Fsp3) is 0.188. The summed E-state index contributed by atoms with van der Waals surface area (Å²) in [5, 5.41) is 2.92. The first kappa shape index (κ1) is 13.9. The van der Waals surface area contributed by atoms with Crippen molar-refractivity contribution in [3.8, 4) is 5.75 Å². The lowest BCUT2D eigenvalue weighted by atomic mass is 10.2. The number of ether oxygens (including phenoxy) is 1. The monoisotopic (exact) mass is 270 g/mol. The second kappa shape index (κ2) is 6.10. The molecule has 0 bridgehead atoms. The molecule has 0 aliphatic carbocycles. The highest BCUT2D eigenvalue weighted by Gasteiger charge is 2.10. The number of hydrogen-bond donors (Lipinski definition) is 1. The number of amides is 1. The van der Waals surface area contributed by atoms with Crippen LogP contribution in [-0.2, 0) is 0 Å². The summed E-state index contributed by atoms with van der Waals surface area (Å²) in [6, 6.07) is 14.8. The van der Waals surface area contributed by atoms with Crippen LogP contribution in [0.4, 0.5) is 11.4 Å². The van der Waals surface area contributed by atoms with Gasteiger partial charge in [0, 0.05) is 19.7 Å². The van der Waals surface area contributed by atoms with E-state index in [1.54, 1.807) is 25.3 Å². The van der Waals surface area contributed by atoms with Crippen molar-refractivity contribution in [2.45, 2.75) is 0 Å². The number of carbonyl (C=O) groups excluding carboxylic acids is 1. The van der Waals surface area contributed by atoms with E-state index < -0.39 is 0 Å². The Balaban J connectivity index is 2.23. The van der Waals surface area contributed by atoms with E-state index >= 15 is 0 Å². The van der Waals surface area contributed by atoms with Gasteiger partial charge in [0.05, 0.1) is 18.5 Å². The summed E-state index contributed by atoms with van der Waals surface area (Å²) < 4.78 is 5.13. The number of nitrogens with zero attached hydrogens (tertiary/aromatic N) is 1. The lowest BCUT2D eigenvalue weighted by molar-refractivity contribution is 0.102. The predicted octanol–water partition coefficient (Wildman–Crippen LogP) is 3.01. The molecule has 0 fully saturated rings. The van der Waals surface area contributed by atoms with E-state index in [0.717, 1.165) is 11.4 Å². The van der Waals surface area contributed by atoms with Gasteiger partial charge in [-0.15, -0.1) is 0 Å². The van der Waals surface area contributed by atoms with E-state index in [9.17, 15) is 4.79 Å². The average Bonchev–Trinajstić information content (AvgIpc) is 2.47. The lowest BCUT2D eigenvalue weighted by Crippen LogP contribution is -2.16. The van der Waals surface area contributed by atoms with Crippen LogP contribution in [0.1, 0.15) is 10.4 Å². The third kappa shape index (κ3) is 3.09. The molecule has 0 spiro atoms. The molecule has 20 heavy (non-hydrogen) atoms. The molecule has 0 radical (unpaired) electrons. The summed E-state index contributed by atoms with van der Waals surface area (Å²) >= 11 is 0. The normalized spacial score (nSPS) is 9.95. The van der Waals surface area contributed by atoms with Crippen LogP contribution in [0.15, 0.2) is 48.5 Å². The molecule has 0 atom stereocenters. The van der Waals surface area contributed by atoms with Gasteiger partial charge in [-0.05, 0) is 30.3 Å². The van der Waals surface area contributed by atoms with Crippen molar-refractivity contribution in [3.05, 3.63) is 54.1 Å². The third-order valence-electron chi connectivity index (χ3n) is 2.97. The molecule has 1 amide bonds. The Morgan fingerprint density at radius 3 is 2.55 bits per heavy atom. The van der Waals surface area contributed by atoms with E-state index in [2.05, 4.69) is 5.32 Å². The molecule has 0 saturated carbocycles. The molecular weight excluding hydrogens is 252 g/mol. The van der Waals surface area contributed by atoms with Gasteiger partial charge in [-0.1, -0.05) is 18.2 Å². The number of nitrogens with one attached hydrogen (secondary N) is 1. The maximum atomic E-state index is 12.3. The summed E-state index contributed by atoms with van der Waals surface area (Å²) in [5.74, 6) is 0.511. The highest BCUT2D eigenvalue weighted by atomic mass is 16.5. The van der Waals surface area contributed by atoms with Crippen molar-refractivity contribution in [1.82, 2.24) is 0 Å². The quantitative estimate of drug-likeness (QED) is 0.928. The molecule has 0 unspecified atom stereocenters. The Morgan fingerprint density at radius 1 is 1.10 bits per heavy atom. The zero-order valence-electron chi connectivity index (χ0n) is 11.9. The SMILES string of the molecule is COc1cccc(C(=O)Nc2ccccc2N(C)C)c1. The molecule has 0 aromatic heterocycles. The Bertz CT molecular complexity index is 609. The van der Waals surface area contributed by atoms with Gasteiger partial charge in [0.15, 0.2) is 0 Å². The molecule has 0 heterocycles. The van der Waals surface area contributed by atoms with Crippen LogP contribution in [0, 0.1) is 0 Å². The van der Waals surface area contributed by atoms with Crippen molar-refractivity contribution in [1.29, 1.82) is 0 Å². The highest BCUT2D eigenvalue weighted by molar-refractivity contribution is 6.06. The maximum absolute atomic E-state index is 12.3. The second-order valence-electron chi connectivity index (χ2n) is 4.60. The average molecular weight is 270 g/mol. The zero-order chi connectivity index (χ0) is 14.5. The number of rotatable bonds is 4. The smallest absolute Gasteiger partial charge is 0.255 e. The number of carbonyl (C=O) groups is 1. The van der Waals surface area contributed by atoms with Crippen LogP contribution < -0.4 is 15.0 Å².